The highest BCUT2D eigenvalue weighted by atomic mass is 79.9. The molecule has 0 bridgehead atoms. The van der Waals surface area contributed by atoms with Crippen LogP contribution in [0.3, 0.4) is 0 Å². The molecule has 9 heteroatoms. The Balaban J connectivity index is 1.61. The Morgan fingerprint density at radius 2 is 2.10 bits per heavy atom. The van der Waals surface area contributed by atoms with Crippen molar-refractivity contribution < 1.29 is 4.79 Å². The van der Waals surface area contributed by atoms with E-state index in [1.807, 2.05) is 24.5 Å². The van der Waals surface area contributed by atoms with Gasteiger partial charge in [0.05, 0.1) is 11.1 Å². The summed E-state index contributed by atoms with van der Waals surface area (Å²) in [6.07, 6.45) is 5.85. The SMILES string of the molecule is Cc1sc2nc(SCC(=O)Nc3ccc(Br)cn3)n(C3CCCC3)c(=O)c2c1C. The van der Waals surface area contributed by atoms with E-state index in [1.54, 1.807) is 23.6 Å². The Labute approximate surface area is 185 Å². The fraction of sp³-hybridized carbons (Fsp3) is 0.400. The van der Waals surface area contributed by atoms with Gasteiger partial charge in [-0.1, -0.05) is 24.6 Å². The molecule has 1 N–H and O–H groups in total. The molecule has 0 atom stereocenters. The number of nitrogens with one attached hydrogen (secondary N) is 1. The summed E-state index contributed by atoms with van der Waals surface area (Å²) in [5, 5.41) is 4.15. The van der Waals surface area contributed by atoms with E-state index in [2.05, 4.69) is 26.2 Å². The summed E-state index contributed by atoms with van der Waals surface area (Å²) in [5.74, 6) is 0.502. The molecule has 3 aromatic rings. The molecule has 1 aliphatic rings. The van der Waals surface area contributed by atoms with Crippen molar-refractivity contribution in [3.8, 4) is 0 Å². The largest absolute Gasteiger partial charge is 0.310 e. The van der Waals surface area contributed by atoms with Gasteiger partial charge in [0.25, 0.3) is 5.56 Å². The van der Waals surface area contributed by atoms with E-state index in [0.717, 1.165) is 50.8 Å². The first kappa shape index (κ1) is 20.6. The van der Waals surface area contributed by atoms with Gasteiger partial charge in [-0.05, 0) is 60.3 Å². The number of pyridine rings is 1. The Bertz CT molecular complexity index is 1120. The van der Waals surface area contributed by atoms with Crippen LogP contribution in [0.2, 0.25) is 0 Å². The molecule has 4 rings (SSSR count). The van der Waals surface area contributed by atoms with E-state index in [9.17, 15) is 9.59 Å². The minimum absolute atomic E-state index is 0.0289. The summed E-state index contributed by atoms with van der Waals surface area (Å²) < 4.78 is 2.69. The second-order valence-electron chi connectivity index (χ2n) is 7.17. The van der Waals surface area contributed by atoms with Crippen molar-refractivity contribution in [3.05, 3.63) is 43.6 Å². The van der Waals surface area contributed by atoms with Gasteiger partial charge in [-0.15, -0.1) is 11.3 Å². The zero-order valence-electron chi connectivity index (χ0n) is 16.2. The van der Waals surface area contributed by atoms with Crippen molar-refractivity contribution in [1.82, 2.24) is 14.5 Å². The lowest BCUT2D eigenvalue weighted by Gasteiger charge is -2.18. The van der Waals surface area contributed by atoms with Gasteiger partial charge in [-0.25, -0.2) is 9.97 Å². The van der Waals surface area contributed by atoms with Crippen LogP contribution in [-0.4, -0.2) is 26.2 Å². The fourth-order valence-corrected chi connectivity index (χ4v) is 5.80. The predicted molar refractivity (Wildman–Crippen MR) is 122 cm³/mol. The minimum Gasteiger partial charge on any atom is -0.310 e. The highest BCUT2D eigenvalue weighted by Crippen LogP contribution is 2.34. The topological polar surface area (TPSA) is 76.9 Å². The molecular formula is C20H21BrN4O2S2. The number of aryl methyl sites for hydroxylation is 2. The standard InChI is InChI=1S/C20H21BrN4O2S2/c1-11-12(2)29-18-17(11)19(27)25(14-5-3-4-6-14)20(24-18)28-10-16(26)23-15-8-7-13(21)9-22-15/h7-9,14H,3-6,10H2,1-2H3,(H,22,23,26). The number of carbonyl (C=O) groups excluding carboxylic acids is 1. The third-order valence-corrected chi connectivity index (χ3v) is 7.74. The molecule has 3 heterocycles. The van der Waals surface area contributed by atoms with Crippen LogP contribution >= 0.6 is 39.0 Å². The summed E-state index contributed by atoms with van der Waals surface area (Å²) >= 11 is 6.19. The highest BCUT2D eigenvalue weighted by Gasteiger charge is 2.25. The molecular weight excluding hydrogens is 472 g/mol. The maximum Gasteiger partial charge on any atom is 0.263 e. The second-order valence-corrected chi connectivity index (χ2v) is 10.2. The Morgan fingerprint density at radius 1 is 1.34 bits per heavy atom. The van der Waals surface area contributed by atoms with Gasteiger partial charge >= 0.3 is 0 Å². The zero-order valence-corrected chi connectivity index (χ0v) is 19.4. The molecule has 0 unspecified atom stereocenters. The van der Waals surface area contributed by atoms with Crippen molar-refractivity contribution in [2.75, 3.05) is 11.1 Å². The van der Waals surface area contributed by atoms with Gasteiger partial charge in [0.15, 0.2) is 5.16 Å². The van der Waals surface area contributed by atoms with Gasteiger partial charge in [-0.2, -0.15) is 0 Å². The number of amides is 1. The number of halogens is 1. The molecule has 1 saturated carbocycles. The molecule has 29 heavy (non-hydrogen) atoms. The van der Waals surface area contributed by atoms with E-state index >= 15 is 0 Å². The van der Waals surface area contributed by atoms with Crippen LogP contribution in [0, 0.1) is 13.8 Å². The Kier molecular flexibility index (Phi) is 6.08. The molecule has 1 fully saturated rings. The lowest BCUT2D eigenvalue weighted by molar-refractivity contribution is -0.113. The van der Waals surface area contributed by atoms with Crippen LogP contribution in [0.1, 0.15) is 42.2 Å². The number of rotatable bonds is 5. The van der Waals surface area contributed by atoms with Crippen LogP contribution in [-0.2, 0) is 4.79 Å². The summed E-state index contributed by atoms with van der Waals surface area (Å²) in [4.78, 5) is 36.6. The van der Waals surface area contributed by atoms with Crippen LogP contribution in [0.4, 0.5) is 5.82 Å². The van der Waals surface area contributed by atoms with Gasteiger partial charge in [0, 0.05) is 21.6 Å². The number of hydrogen-bond acceptors (Lipinski definition) is 6. The van der Waals surface area contributed by atoms with Crippen molar-refractivity contribution in [2.45, 2.75) is 50.7 Å². The molecule has 6 nitrogen and oxygen atoms in total. The van der Waals surface area contributed by atoms with Crippen LogP contribution in [0.15, 0.2) is 32.8 Å². The molecule has 0 aromatic carbocycles. The number of carbonyl (C=O) groups is 1. The number of thioether (sulfide) groups is 1. The number of nitrogens with zero attached hydrogens (tertiary/aromatic N) is 3. The fourth-order valence-electron chi connectivity index (χ4n) is 3.63. The number of aromatic nitrogens is 3. The average molecular weight is 493 g/mol. The zero-order chi connectivity index (χ0) is 20.5. The number of anilines is 1. The van der Waals surface area contributed by atoms with E-state index in [-0.39, 0.29) is 23.3 Å². The summed E-state index contributed by atoms with van der Waals surface area (Å²) in [6, 6.07) is 3.73. The van der Waals surface area contributed by atoms with Gasteiger partial charge < -0.3 is 5.32 Å². The first-order valence-corrected chi connectivity index (χ1v) is 12.1. The monoisotopic (exact) mass is 492 g/mol. The van der Waals surface area contributed by atoms with Crippen molar-refractivity contribution in [2.24, 2.45) is 0 Å². The van der Waals surface area contributed by atoms with Crippen molar-refractivity contribution in [1.29, 1.82) is 0 Å². The molecule has 152 valence electrons. The van der Waals surface area contributed by atoms with Crippen LogP contribution in [0.5, 0.6) is 0 Å². The minimum atomic E-state index is -0.171. The van der Waals surface area contributed by atoms with E-state index < -0.39 is 0 Å². The third-order valence-electron chi connectivity index (χ3n) is 5.22. The van der Waals surface area contributed by atoms with Gasteiger partial charge in [0.2, 0.25) is 5.91 Å². The average Bonchev–Trinajstić information content (AvgIpc) is 3.31. The molecule has 3 aromatic heterocycles. The lowest BCUT2D eigenvalue weighted by Crippen LogP contribution is -2.27. The molecule has 0 aliphatic heterocycles. The third kappa shape index (κ3) is 4.27. The predicted octanol–water partition coefficient (Wildman–Crippen LogP) is 5.08. The summed E-state index contributed by atoms with van der Waals surface area (Å²) in [7, 11) is 0. The van der Waals surface area contributed by atoms with Crippen LogP contribution < -0.4 is 10.9 Å². The van der Waals surface area contributed by atoms with Crippen molar-refractivity contribution in [3.63, 3.8) is 0 Å². The molecule has 0 spiro atoms. The lowest BCUT2D eigenvalue weighted by atomic mass is 10.2. The first-order valence-electron chi connectivity index (χ1n) is 9.50. The van der Waals surface area contributed by atoms with E-state index in [1.165, 1.54) is 11.8 Å². The van der Waals surface area contributed by atoms with Crippen molar-refractivity contribution >= 4 is 61.0 Å². The summed E-state index contributed by atoms with van der Waals surface area (Å²) in [5.41, 5.74) is 1.05. The highest BCUT2D eigenvalue weighted by molar-refractivity contribution is 9.10. The smallest absolute Gasteiger partial charge is 0.263 e. The molecule has 1 aliphatic carbocycles. The first-order chi connectivity index (χ1) is 13.9. The Morgan fingerprint density at radius 3 is 2.79 bits per heavy atom. The quantitative estimate of drug-likeness (QED) is 0.396. The van der Waals surface area contributed by atoms with Crippen LogP contribution in [0.25, 0.3) is 10.2 Å². The number of fused-ring (bicyclic) bond motifs is 1. The maximum absolute atomic E-state index is 13.3. The van der Waals surface area contributed by atoms with E-state index in [4.69, 9.17) is 4.98 Å². The number of hydrogen-bond donors (Lipinski definition) is 1. The van der Waals surface area contributed by atoms with Gasteiger partial charge in [-0.3, -0.25) is 14.2 Å². The molecule has 0 radical (unpaired) electrons. The van der Waals surface area contributed by atoms with E-state index in [0.29, 0.717) is 11.0 Å². The molecule has 0 saturated heterocycles. The second kappa shape index (κ2) is 8.57. The number of thiophene rings is 1. The normalized spacial score (nSPS) is 14.6. The maximum atomic E-state index is 13.3. The Hall–Kier alpha value is -1.71. The molecule has 1 amide bonds. The van der Waals surface area contributed by atoms with Gasteiger partial charge in [0.1, 0.15) is 10.6 Å². The summed E-state index contributed by atoms with van der Waals surface area (Å²) in [6.45, 7) is 4.01.